The summed E-state index contributed by atoms with van der Waals surface area (Å²) >= 11 is 3.51. The molecule has 1 heteroatoms. The summed E-state index contributed by atoms with van der Waals surface area (Å²) in [7, 11) is 0. The van der Waals surface area contributed by atoms with Gasteiger partial charge in [0.2, 0.25) is 0 Å². The maximum atomic E-state index is 4.20. The molecule has 16 heavy (non-hydrogen) atoms. The number of fused-ring (bicyclic) bond motifs is 3. The maximum absolute atomic E-state index is 4.20. The van der Waals surface area contributed by atoms with Crippen molar-refractivity contribution in [2.45, 2.75) is 6.92 Å². The standard InChI is InChI=1S/C15H11Br/c1-9-3-5-12-13-6-4-11(16)8-15(13)10(2)14(12)7-9/h3-8H,2H2,1H3. The zero-order valence-electron chi connectivity index (χ0n) is 9.05. The lowest BCUT2D eigenvalue weighted by Gasteiger charge is -2.01. The summed E-state index contributed by atoms with van der Waals surface area (Å²) in [4.78, 5) is 0. The molecule has 0 aromatic heterocycles. The van der Waals surface area contributed by atoms with Crippen molar-refractivity contribution in [2.24, 2.45) is 0 Å². The van der Waals surface area contributed by atoms with E-state index in [1.54, 1.807) is 0 Å². The summed E-state index contributed by atoms with van der Waals surface area (Å²) in [5, 5.41) is 0. The van der Waals surface area contributed by atoms with Crippen LogP contribution >= 0.6 is 15.9 Å². The second kappa shape index (κ2) is 3.33. The molecule has 0 radical (unpaired) electrons. The fourth-order valence-corrected chi connectivity index (χ4v) is 2.65. The van der Waals surface area contributed by atoms with E-state index in [1.807, 2.05) is 0 Å². The van der Waals surface area contributed by atoms with E-state index in [2.05, 4.69) is 65.8 Å². The summed E-state index contributed by atoms with van der Waals surface area (Å²) < 4.78 is 1.11. The van der Waals surface area contributed by atoms with E-state index in [0.717, 1.165) is 10.0 Å². The van der Waals surface area contributed by atoms with Gasteiger partial charge in [-0.3, -0.25) is 0 Å². The van der Waals surface area contributed by atoms with Crippen molar-refractivity contribution in [3.05, 3.63) is 64.1 Å². The molecule has 0 amide bonds. The van der Waals surface area contributed by atoms with E-state index in [-0.39, 0.29) is 0 Å². The van der Waals surface area contributed by atoms with E-state index in [4.69, 9.17) is 0 Å². The minimum Gasteiger partial charge on any atom is -0.0905 e. The Balaban J connectivity index is 2.34. The van der Waals surface area contributed by atoms with E-state index in [0.29, 0.717) is 0 Å². The summed E-state index contributed by atoms with van der Waals surface area (Å²) in [6.45, 7) is 6.32. The van der Waals surface area contributed by atoms with Gasteiger partial charge in [0.05, 0.1) is 0 Å². The fraction of sp³-hybridized carbons (Fsp3) is 0.0667. The highest BCUT2D eigenvalue weighted by Gasteiger charge is 2.21. The van der Waals surface area contributed by atoms with Gasteiger partial charge < -0.3 is 0 Å². The van der Waals surface area contributed by atoms with Crippen LogP contribution < -0.4 is 0 Å². The molecule has 0 nitrogen and oxygen atoms in total. The van der Waals surface area contributed by atoms with Gasteiger partial charge in [-0.2, -0.15) is 0 Å². The third-order valence-electron chi connectivity index (χ3n) is 3.10. The first-order valence-electron chi connectivity index (χ1n) is 5.27. The average Bonchev–Trinajstić information content (AvgIpc) is 2.53. The van der Waals surface area contributed by atoms with Crippen LogP contribution in [0.15, 0.2) is 47.4 Å². The maximum Gasteiger partial charge on any atom is 0.0181 e. The number of hydrogen-bond acceptors (Lipinski definition) is 0. The van der Waals surface area contributed by atoms with Gasteiger partial charge >= 0.3 is 0 Å². The minimum atomic E-state index is 1.11. The van der Waals surface area contributed by atoms with Crippen molar-refractivity contribution in [1.82, 2.24) is 0 Å². The second-order valence-corrected chi connectivity index (χ2v) is 5.13. The molecule has 2 aromatic rings. The highest BCUT2D eigenvalue weighted by atomic mass is 79.9. The lowest BCUT2D eigenvalue weighted by atomic mass is 10.0. The molecule has 3 rings (SSSR count). The lowest BCUT2D eigenvalue weighted by Crippen LogP contribution is -1.79. The SMILES string of the molecule is C=C1c2cc(C)ccc2-c2ccc(Br)cc21. The van der Waals surface area contributed by atoms with Crippen molar-refractivity contribution in [3.8, 4) is 11.1 Å². The molecule has 0 heterocycles. The van der Waals surface area contributed by atoms with Crippen LogP contribution in [-0.2, 0) is 0 Å². The zero-order valence-corrected chi connectivity index (χ0v) is 10.6. The molecular weight excluding hydrogens is 260 g/mol. The molecule has 0 saturated carbocycles. The molecule has 2 aromatic carbocycles. The second-order valence-electron chi connectivity index (χ2n) is 4.22. The van der Waals surface area contributed by atoms with E-state index >= 15 is 0 Å². The predicted octanol–water partition coefficient (Wildman–Crippen LogP) is 4.80. The Kier molecular flexibility index (Phi) is 2.05. The quantitative estimate of drug-likeness (QED) is 0.551. The molecule has 0 N–H and O–H groups in total. The molecule has 1 aliphatic rings. The molecule has 0 fully saturated rings. The van der Waals surface area contributed by atoms with Crippen LogP contribution in [-0.4, -0.2) is 0 Å². The van der Waals surface area contributed by atoms with Gasteiger partial charge in [-0.1, -0.05) is 52.3 Å². The molecule has 0 aliphatic heterocycles. The molecular formula is C15H11Br. The van der Waals surface area contributed by atoms with E-state index < -0.39 is 0 Å². The number of hydrogen-bond donors (Lipinski definition) is 0. The van der Waals surface area contributed by atoms with Gasteiger partial charge in [0, 0.05) is 4.47 Å². The molecule has 0 saturated heterocycles. The van der Waals surface area contributed by atoms with E-state index in [9.17, 15) is 0 Å². The van der Waals surface area contributed by atoms with Crippen LogP contribution in [0.1, 0.15) is 16.7 Å². The van der Waals surface area contributed by atoms with Crippen LogP contribution in [0.4, 0.5) is 0 Å². The fourth-order valence-electron chi connectivity index (χ4n) is 2.29. The van der Waals surface area contributed by atoms with Crippen molar-refractivity contribution in [2.75, 3.05) is 0 Å². The summed E-state index contributed by atoms with van der Waals surface area (Å²) in [5.74, 6) is 0. The Morgan fingerprint density at radius 3 is 2.25 bits per heavy atom. The third-order valence-corrected chi connectivity index (χ3v) is 3.59. The number of rotatable bonds is 0. The third kappa shape index (κ3) is 1.28. The first-order valence-corrected chi connectivity index (χ1v) is 6.06. The van der Waals surface area contributed by atoms with Gasteiger partial charge in [0.1, 0.15) is 0 Å². The Hall–Kier alpha value is -1.34. The van der Waals surface area contributed by atoms with Crippen LogP contribution in [0.25, 0.3) is 16.7 Å². The van der Waals surface area contributed by atoms with Crippen molar-refractivity contribution in [1.29, 1.82) is 0 Å². The van der Waals surface area contributed by atoms with Gasteiger partial charge in [-0.15, -0.1) is 0 Å². The Bertz CT molecular complexity index is 555. The van der Waals surface area contributed by atoms with Crippen molar-refractivity contribution in [3.63, 3.8) is 0 Å². The van der Waals surface area contributed by atoms with Crippen LogP contribution in [0, 0.1) is 6.92 Å². The Labute approximate surface area is 104 Å². The van der Waals surface area contributed by atoms with Gasteiger partial charge in [0.25, 0.3) is 0 Å². The average molecular weight is 271 g/mol. The normalized spacial score (nSPS) is 12.5. The summed E-state index contributed by atoms with van der Waals surface area (Å²) in [6.07, 6.45) is 0. The zero-order chi connectivity index (χ0) is 11.3. The summed E-state index contributed by atoms with van der Waals surface area (Å²) in [6, 6.07) is 12.9. The number of halogens is 1. The van der Waals surface area contributed by atoms with Crippen LogP contribution in [0.3, 0.4) is 0 Å². The van der Waals surface area contributed by atoms with Crippen LogP contribution in [0.2, 0.25) is 0 Å². The molecule has 1 aliphatic carbocycles. The molecule has 0 unspecified atom stereocenters. The monoisotopic (exact) mass is 270 g/mol. The number of benzene rings is 2. The summed E-state index contributed by atoms with van der Waals surface area (Å²) in [5.41, 5.74) is 7.53. The largest absolute Gasteiger partial charge is 0.0905 e. The van der Waals surface area contributed by atoms with Gasteiger partial charge in [-0.25, -0.2) is 0 Å². The van der Waals surface area contributed by atoms with Crippen molar-refractivity contribution >= 4 is 21.5 Å². The molecule has 0 atom stereocenters. The first-order chi connectivity index (χ1) is 7.66. The van der Waals surface area contributed by atoms with E-state index in [1.165, 1.54) is 27.8 Å². The minimum absolute atomic E-state index is 1.11. The Morgan fingerprint density at radius 2 is 1.50 bits per heavy atom. The molecule has 0 bridgehead atoms. The molecule has 0 spiro atoms. The predicted molar refractivity (Wildman–Crippen MR) is 72.5 cm³/mol. The molecule has 78 valence electrons. The van der Waals surface area contributed by atoms with Gasteiger partial charge in [-0.05, 0) is 46.9 Å². The first kappa shape index (κ1) is 9.86. The highest BCUT2D eigenvalue weighted by molar-refractivity contribution is 9.10. The highest BCUT2D eigenvalue weighted by Crippen LogP contribution is 2.44. The van der Waals surface area contributed by atoms with Crippen LogP contribution in [0.5, 0.6) is 0 Å². The smallest absolute Gasteiger partial charge is 0.0181 e. The van der Waals surface area contributed by atoms with Crippen molar-refractivity contribution < 1.29 is 0 Å². The van der Waals surface area contributed by atoms with Gasteiger partial charge in [0.15, 0.2) is 0 Å². The lowest BCUT2D eigenvalue weighted by molar-refractivity contribution is 1.46. The Morgan fingerprint density at radius 1 is 0.875 bits per heavy atom. The topological polar surface area (TPSA) is 0 Å². The number of aryl methyl sites for hydroxylation is 1.